The quantitative estimate of drug-likeness (QED) is 0.337. The Morgan fingerprint density at radius 2 is 1.67 bits per heavy atom. The van der Waals surface area contributed by atoms with Crippen LogP contribution in [-0.2, 0) is 0 Å². The standard InChI is InChI=1S/B3INP/c1-5(2)6(3)4. The highest BCUT2D eigenvalue weighted by Gasteiger charge is 1.91. The monoisotopic (exact) mass is 205 g/mol. The molecule has 26 valence electrons. The van der Waals surface area contributed by atoms with Crippen molar-refractivity contribution in [2.75, 3.05) is 0 Å². The summed E-state index contributed by atoms with van der Waals surface area (Å²) in [6.07, 6.45) is 0. The van der Waals surface area contributed by atoms with E-state index in [0.717, 1.165) is 4.49 Å². The number of hydrogen-bond acceptors (Lipinski definition) is 1. The van der Waals surface area contributed by atoms with Crippen molar-refractivity contribution in [2.24, 2.45) is 0 Å². The van der Waals surface area contributed by atoms with Crippen LogP contribution in [0.3, 0.4) is 0 Å². The van der Waals surface area contributed by atoms with Gasteiger partial charge in [0, 0.05) is 0 Å². The van der Waals surface area contributed by atoms with Gasteiger partial charge in [-0.25, -0.2) is 0 Å². The fraction of sp³-hybridized carbons (Fsp3) is 0. The zero-order chi connectivity index (χ0) is 5.15. The predicted octanol–water partition coefficient (Wildman–Crippen LogP) is 0.286. The lowest BCUT2D eigenvalue weighted by atomic mass is 10.3. The molecule has 0 aromatic carbocycles. The van der Waals surface area contributed by atoms with Gasteiger partial charge in [-0.15, -0.1) is 0 Å². The Hall–Kier alpha value is 1.31. The average molecular weight is 204 g/mol. The first-order chi connectivity index (χ1) is 2.64. The Bertz CT molecular complexity index is 31.8. The first kappa shape index (κ1) is 7.31. The summed E-state index contributed by atoms with van der Waals surface area (Å²) >= 11 is 1.95. The van der Waals surface area contributed by atoms with Crippen LogP contribution in [-0.4, -0.2) is 28.0 Å². The van der Waals surface area contributed by atoms with Crippen molar-refractivity contribution in [1.29, 1.82) is 0 Å². The third-order valence-electron chi connectivity index (χ3n) is 0.221. The summed E-state index contributed by atoms with van der Waals surface area (Å²) in [5.74, 6) is 0. The molecule has 6 radical (unpaired) electrons. The molecule has 0 aliphatic heterocycles. The van der Waals surface area contributed by atoms with Gasteiger partial charge >= 0.3 is 0 Å². The van der Waals surface area contributed by atoms with Gasteiger partial charge < -0.3 is 4.49 Å². The van der Waals surface area contributed by atoms with E-state index in [4.69, 9.17) is 23.5 Å². The molecule has 6 heavy (non-hydrogen) atoms. The van der Waals surface area contributed by atoms with Gasteiger partial charge in [-0.1, -0.05) is 22.0 Å². The summed E-state index contributed by atoms with van der Waals surface area (Å²) in [5, 5.41) is 0. The molecule has 1 unspecified atom stereocenters. The maximum Gasteiger partial charge on any atom is 0.170 e. The number of halogens is 1. The summed E-state index contributed by atoms with van der Waals surface area (Å²) in [6, 6.07) is 0. The lowest BCUT2D eigenvalue weighted by molar-refractivity contribution is 1.21. The predicted molar refractivity (Wildman–Crippen MR) is 40.0 cm³/mol. The highest BCUT2D eigenvalue weighted by Crippen LogP contribution is 2.39. The van der Waals surface area contributed by atoms with Crippen LogP contribution >= 0.6 is 27.6 Å². The van der Waals surface area contributed by atoms with Gasteiger partial charge in [-0.3, -0.25) is 0 Å². The SMILES string of the molecule is [B]N([B])P([B])I. The van der Waals surface area contributed by atoms with Crippen LogP contribution in [0, 0.1) is 0 Å². The average Bonchev–Trinajstić information content (AvgIpc) is 1.36. The van der Waals surface area contributed by atoms with Crippen LogP contribution in [0.1, 0.15) is 0 Å². The van der Waals surface area contributed by atoms with E-state index in [2.05, 4.69) is 0 Å². The molecular formula is B3INP. The molecule has 6 heteroatoms. The Morgan fingerprint density at radius 1 is 1.50 bits per heavy atom. The van der Waals surface area contributed by atoms with Crippen LogP contribution in [0.4, 0.5) is 0 Å². The van der Waals surface area contributed by atoms with E-state index in [9.17, 15) is 0 Å². The van der Waals surface area contributed by atoms with E-state index < -0.39 is 5.59 Å². The fourth-order valence-electron chi connectivity index (χ4n) is 0. The zero-order valence-corrected chi connectivity index (χ0v) is 6.06. The Kier molecular flexibility index (Phi) is 4.06. The molecule has 1 nitrogen and oxygen atoms in total. The van der Waals surface area contributed by atoms with Gasteiger partial charge in [-0.2, -0.15) is 0 Å². The summed E-state index contributed by atoms with van der Waals surface area (Å²) in [5.41, 5.74) is -0.801. The highest BCUT2D eigenvalue weighted by molar-refractivity contribution is 14.2. The molecule has 0 heterocycles. The summed E-state index contributed by atoms with van der Waals surface area (Å²) in [4.78, 5) is 0. The minimum absolute atomic E-state index is 0.801. The molecule has 0 N–H and O–H groups in total. The minimum atomic E-state index is -0.801. The van der Waals surface area contributed by atoms with E-state index in [1.165, 1.54) is 0 Å². The molecule has 1 atom stereocenters. The molecule has 0 fully saturated rings. The third kappa shape index (κ3) is 3.50. The minimum Gasteiger partial charge on any atom is -0.382 e. The van der Waals surface area contributed by atoms with E-state index in [1.54, 1.807) is 0 Å². The van der Waals surface area contributed by atoms with E-state index in [-0.39, 0.29) is 0 Å². The van der Waals surface area contributed by atoms with Crippen molar-refractivity contribution in [2.45, 2.75) is 0 Å². The Morgan fingerprint density at radius 3 is 1.67 bits per heavy atom. The molecule has 0 bridgehead atoms. The molecule has 0 aromatic heterocycles. The maximum atomic E-state index is 5.16. The molecule has 0 saturated carbocycles. The van der Waals surface area contributed by atoms with Crippen molar-refractivity contribution in [3.05, 3.63) is 0 Å². The first-order valence-electron chi connectivity index (χ1n) is 1.14. The van der Waals surface area contributed by atoms with Crippen LogP contribution in [0.15, 0.2) is 0 Å². The second-order valence-corrected chi connectivity index (χ2v) is 4.67. The Labute approximate surface area is 55.8 Å². The Balaban J connectivity index is 2.99. The number of nitrogens with zero attached hydrogens (tertiary/aromatic N) is 1. The number of hydrogen-bond donors (Lipinski definition) is 0. The van der Waals surface area contributed by atoms with Gasteiger partial charge in [0.25, 0.3) is 0 Å². The summed E-state index contributed by atoms with van der Waals surface area (Å²) < 4.78 is 0.996. The zero-order valence-electron chi connectivity index (χ0n) is 3.00. The number of rotatable bonds is 1. The van der Waals surface area contributed by atoms with Gasteiger partial charge in [0.05, 0.1) is 0 Å². The summed E-state index contributed by atoms with van der Waals surface area (Å²) in [6.45, 7) is 0. The maximum absolute atomic E-state index is 5.16. The third-order valence-corrected chi connectivity index (χ3v) is 2.16. The van der Waals surface area contributed by atoms with E-state index in [1.807, 2.05) is 22.0 Å². The molecular weight excluding hydrogens is 204 g/mol. The van der Waals surface area contributed by atoms with Gasteiger partial charge in [0.2, 0.25) is 0 Å². The van der Waals surface area contributed by atoms with Crippen LogP contribution in [0.2, 0.25) is 0 Å². The fourth-order valence-corrected chi connectivity index (χ4v) is 0. The molecule has 0 rings (SSSR count). The van der Waals surface area contributed by atoms with Crippen LogP contribution < -0.4 is 0 Å². The lowest BCUT2D eigenvalue weighted by Crippen LogP contribution is -2.04. The highest BCUT2D eigenvalue weighted by atomic mass is 127. The normalized spacial score (nSPS) is 15.0. The van der Waals surface area contributed by atoms with Crippen molar-refractivity contribution in [3.63, 3.8) is 0 Å². The van der Waals surface area contributed by atoms with E-state index >= 15 is 0 Å². The largest absolute Gasteiger partial charge is 0.382 e. The molecule has 0 amide bonds. The molecule has 0 saturated heterocycles. The first-order valence-corrected chi connectivity index (χ1v) is 5.29. The van der Waals surface area contributed by atoms with Crippen molar-refractivity contribution >= 4 is 51.2 Å². The van der Waals surface area contributed by atoms with Crippen molar-refractivity contribution < 1.29 is 0 Å². The van der Waals surface area contributed by atoms with Crippen LogP contribution in [0.5, 0.6) is 0 Å². The van der Waals surface area contributed by atoms with Gasteiger partial charge in [0.15, 0.2) is 16.0 Å². The van der Waals surface area contributed by atoms with Crippen molar-refractivity contribution in [3.8, 4) is 0 Å². The molecule has 0 spiro atoms. The van der Waals surface area contributed by atoms with Crippen molar-refractivity contribution in [1.82, 2.24) is 4.49 Å². The second kappa shape index (κ2) is 3.33. The van der Waals surface area contributed by atoms with Gasteiger partial charge in [0.1, 0.15) is 7.57 Å². The van der Waals surface area contributed by atoms with Crippen LogP contribution in [0.25, 0.3) is 0 Å². The molecule has 0 aromatic rings. The second-order valence-electron chi connectivity index (χ2n) is 0.669. The summed E-state index contributed by atoms with van der Waals surface area (Å²) in [7, 11) is 15.0. The lowest BCUT2D eigenvalue weighted by Gasteiger charge is -2.12. The topological polar surface area (TPSA) is 3.24 Å². The smallest absolute Gasteiger partial charge is 0.170 e. The van der Waals surface area contributed by atoms with E-state index in [0.29, 0.717) is 0 Å². The molecule has 0 aliphatic carbocycles. The van der Waals surface area contributed by atoms with Gasteiger partial charge in [-0.05, 0) is 5.59 Å². The molecule has 0 aliphatic rings.